The van der Waals surface area contributed by atoms with E-state index in [1.165, 1.54) is 11.8 Å². The summed E-state index contributed by atoms with van der Waals surface area (Å²) >= 11 is 3.07. The Hall–Kier alpha value is -2.63. The summed E-state index contributed by atoms with van der Waals surface area (Å²) in [5, 5.41) is 23.0. The number of hydrogen-bond donors (Lipinski definition) is 1. The largest absolute Gasteiger partial charge is 0.325 e. The molecule has 2 aromatic heterocycles. The first kappa shape index (κ1) is 17.8. The fourth-order valence-electron chi connectivity index (χ4n) is 2.68. The van der Waals surface area contributed by atoms with Crippen LogP contribution in [0.3, 0.4) is 0 Å². The van der Waals surface area contributed by atoms with E-state index in [0.717, 1.165) is 28.7 Å². The summed E-state index contributed by atoms with van der Waals surface area (Å²) in [7, 11) is 0. The molecule has 1 amide bonds. The predicted octanol–water partition coefficient (Wildman–Crippen LogP) is 4.33. The molecular weight excluding hydrogens is 378 g/mol. The zero-order chi connectivity index (χ0) is 18.8. The Morgan fingerprint density at radius 3 is 2.74 bits per heavy atom. The second-order valence-electron chi connectivity index (χ2n) is 6.32. The molecule has 2 heterocycles. The third kappa shape index (κ3) is 3.89. The highest BCUT2D eigenvalue weighted by molar-refractivity contribution is 8.00. The molecule has 0 bridgehead atoms. The maximum absolute atomic E-state index is 12.6. The van der Waals surface area contributed by atoms with Crippen LogP contribution in [-0.2, 0) is 4.79 Å². The van der Waals surface area contributed by atoms with Crippen LogP contribution in [0.1, 0.15) is 31.4 Å². The first-order valence-electron chi connectivity index (χ1n) is 8.62. The number of thioether (sulfide) groups is 1. The smallest absolute Gasteiger partial charge is 0.237 e. The lowest BCUT2D eigenvalue weighted by atomic mass is 10.2. The second kappa shape index (κ2) is 7.55. The van der Waals surface area contributed by atoms with Gasteiger partial charge in [-0.25, -0.2) is 0 Å². The molecule has 6 nitrogen and oxygen atoms in total. The Labute approximate surface area is 165 Å². The highest BCUT2D eigenvalue weighted by atomic mass is 32.2. The summed E-state index contributed by atoms with van der Waals surface area (Å²) < 4.78 is 2.17. The van der Waals surface area contributed by atoms with Gasteiger partial charge in [0.05, 0.1) is 21.8 Å². The summed E-state index contributed by atoms with van der Waals surface area (Å²) in [6, 6.07) is 13.4. The van der Waals surface area contributed by atoms with E-state index in [9.17, 15) is 4.79 Å². The van der Waals surface area contributed by atoms with E-state index in [0.29, 0.717) is 17.3 Å². The second-order valence-corrected chi connectivity index (χ2v) is 8.58. The average molecular weight is 396 g/mol. The highest BCUT2D eigenvalue weighted by Gasteiger charge is 2.31. The lowest BCUT2D eigenvalue weighted by Crippen LogP contribution is -2.22. The summed E-state index contributed by atoms with van der Waals surface area (Å²) in [6.45, 7) is 1.86. The van der Waals surface area contributed by atoms with Gasteiger partial charge in [0.15, 0.2) is 11.0 Å². The number of amides is 1. The standard InChI is InChI=1S/C19H17N5OS2/c1-12(18(25)21-14-6-4-13(11-20)5-7-14)27-19-23-22-17(16-3-2-10-26-16)24(19)15-8-9-15/h2-7,10,12,15H,8-9H2,1H3,(H,21,25)/t12-/m0/s1. The Morgan fingerprint density at radius 1 is 1.33 bits per heavy atom. The van der Waals surface area contributed by atoms with Crippen LogP contribution < -0.4 is 5.32 Å². The molecule has 0 unspecified atom stereocenters. The number of rotatable bonds is 6. The first-order valence-corrected chi connectivity index (χ1v) is 10.4. The molecule has 1 aliphatic carbocycles. The molecule has 27 heavy (non-hydrogen) atoms. The molecule has 8 heteroatoms. The van der Waals surface area contributed by atoms with Gasteiger partial charge >= 0.3 is 0 Å². The van der Waals surface area contributed by atoms with Crippen LogP contribution in [0.15, 0.2) is 46.9 Å². The zero-order valence-corrected chi connectivity index (χ0v) is 16.3. The lowest BCUT2D eigenvalue weighted by Gasteiger charge is -2.13. The Morgan fingerprint density at radius 2 is 2.11 bits per heavy atom. The Balaban J connectivity index is 1.48. The van der Waals surface area contributed by atoms with Crippen LogP contribution in [-0.4, -0.2) is 25.9 Å². The van der Waals surface area contributed by atoms with Gasteiger partial charge in [0.2, 0.25) is 5.91 Å². The summed E-state index contributed by atoms with van der Waals surface area (Å²) in [5.41, 5.74) is 1.24. The van der Waals surface area contributed by atoms with Gasteiger partial charge in [-0.3, -0.25) is 9.36 Å². The van der Waals surface area contributed by atoms with Crippen molar-refractivity contribution in [1.29, 1.82) is 5.26 Å². The van der Waals surface area contributed by atoms with Crippen molar-refractivity contribution >= 4 is 34.7 Å². The number of nitrogens with one attached hydrogen (secondary N) is 1. The van der Waals surface area contributed by atoms with Crippen molar-refractivity contribution in [3.63, 3.8) is 0 Å². The minimum atomic E-state index is -0.321. The van der Waals surface area contributed by atoms with E-state index in [4.69, 9.17) is 5.26 Å². The van der Waals surface area contributed by atoms with Gasteiger partial charge in [-0.2, -0.15) is 5.26 Å². The van der Waals surface area contributed by atoms with Crippen molar-refractivity contribution in [3.8, 4) is 16.8 Å². The third-order valence-corrected chi connectivity index (χ3v) is 6.17. The minimum absolute atomic E-state index is 0.104. The van der Waals surface area contributed by atoms with E-state index in [2.05, 4.69) is 26.2 Å². The number of nitriles is 1. The van der Waals surface area contributed by atoms with Gasteiger partial charge in [-0.05, 0) is 55.5 Å². The molecule has 1 aromatic carbocycles. The topological polar surface area (TPSA) is 83.6 Å². The molecule has 1 aliphatic rings. The highest BCUT2D eigenvalue weighted by Crippen LogP contribution is 2.42. The molecule has 0 saturated heterocycles. The molecular formula is C19H17N5OS2. The van der Waals surface area contributed by atoms with Gasteiger partial charge in [-0.15, -0.1) is 21.5 Å². The van der Waals surface area contributed by atoms with Crippen LogP contribution in [0, 0.1) is 11.3 Å². The Kier molecular flexibility index (Phi) is 4.97. The fraction of sp³-hybridized carbons (Fsp3) is 0.263. The van der Waals surface area contributed by atoms with Crippen molar-refractivity contribution in [2.45, 2.75) is 36.2 Å². The number of nitrogens with zero attached hydrogens (tertiary/aromatic N) is 4. The molecule has 4 rings (SSSR count). The fourth-order valence-corrected chi connectivity index (χ4v) is 4.30. The van der Waals surface area contributed by atoms with E-state index in [1.807, 2.05) is 24.4 Å². The molecule has 1 atom stereocenters. The minimum Gasteiger partial charge on any atom is -0.325 e. The first-order chi connectivity index (χ1) is 13.2. The van der Waals surface area contributed by atoms with Crippen LogP contribution in [0.25, 0.3) is 10.7 Å². The monoisotopic (exact) mass is 395 g/mol. The SMILES string of the molecule is C[C@H](Sc1nnc(-c2cccs2)n1C1CC1)C(=O)Nc1ccc(C#N)cc1. The lowest BCUT2D eigenvalue weighted by molar-refractivity contribution is -0.115. The number of benzene rings is 1. The van der Waals surface area contributed by atoms with E-state index >= 15 is 0 Å². The van der Waals surface area contributed by atoms with Crippen molar-refractivity contribution in [1.82, 2.24) is 14.8 Å². The summed E-state index contributed by atoms with van der Waals surface area (Å²) in [4.78, 5) is 13.6. The van der Waals surface area contributed by atoms with Crippen molar-refractivity contribution < 1.29 is 4.79 Å². The molecule has 0 radical (unpaired) electrons. The molecule has 1 saturated carbocycles. The molecule has 1 fully saturated rings. The number of hydrogen-bond acceptors (Lipinski definition) is 6. The quantitative estimate of drug-likeness (QED) is 0.628. The number of aromatic nitrogens is 3. The number of anilines is 1. The van der Waals surface area contributed by atoms with Crippen LogP contribution in [0.2, 0.25) is 0 Å². The molecule has 136 valence electrons. The van der Waals surface area contributed by atoms with Crippen molar-refractivity contribution in [3.05, 3.63) is 47.3 Å². The van der Waals surface area contributed by atoms with Crippen molar-refractivity contribution in [2.75, 3.05) is 5.32 Å². The average Bonchev–Trinajstić information content (AvgIpc) is 3.20. The van der Waals surface area contributed by atoms with Crippen LogP contribution >= 0.6 is 23.1 Å². The van der Waals surface area contributed by atoms with Gasteiger partial charge in [0.25, 0.3) is 0 Å². The van der Waals surface area contributed by atoms with Gasteiger partial charge in [0.1, 0.15) is 0 Å². The molecule has 1 N–H and O–H groups in total. The maximum atomic E-state index is 12.6. The zero-order valence-electron chi connectivity index (χ0n) is 14.6. The molecule has 0 spiro atoms. The number of carbonyl (C=O) groups is 1. The number of thiophene rings is 1. The van der Waals surface area contributed by atoms with Gasteiger partial charge < -0.3 is 5.32 Å². The van der Waals surface area contributed by atoms with E-state index in [-0.39, 0.29) is 11.2 Å². The maximum Gasteiger partial charge on any atom is 0.237 e. The van der Waals surface area contributed by atoms with Gasteiger partial charge in [-0.1, -0.05) is 17.8 Å². The van der Waals surface area contributed by atoms with Gasteiger partial charge in [0, 0.05) is 11.7 Å². The normalized spacial score (nSPS) is 14.5. The predicted molar refractivity (Wildman–Crippen MR) is 107 cm³/mol. The van der Waals surface area contributed by atoms with Crippen LogP contribution in [0.4, 0.5) is 5.69 Å². The molecule has 3 aromatic rings. The molecule has 0 aliphatic heterocycles. The van der Waals surface area contributed by atoms with Crippen molar-refractivity contribution in [2.24, 2.45) is 0 Å². The summed E-state index contributed by atoms with van der Waals surface area (Å²) in [6.07, 6.45) is 2.24. The van der Waals surface area contributed by atoms with E-state index in [1.54, 1.807) is 35.6 Å². The van der Waals surface area contributed by atoms with E-state index < -0.39 is 0 Å². The third-order valence-electron chi connectivity index (χ3n) is 4.25. The summed E-state index contributed by atoms with van der Waals surface area (Å²) in [5.74, 6) is 0.780. The Bertz CT molecular complexity index is 984. The number of carbonyl (C=O) groups excluding carboxylic acids is 1. The van der Waals surface area contributed by atoms with Crippen LogP contribution in [0.5, 0.6) is 0 Å².